The molecule has 0 aliphatic rings. The van der Waals surface area contributed by atoms with Crippen LogP contribution in [0.15, 0.2) is 11.1 Å². The van der Waals surface area contributed by atoms with Crippen LogP contribution in [0, 0.1) is 5.92 Å². The summed E-state index contributed by atoms with van der Waals surface area (Å²) >= 11 is 0. The quantitative estimate of drug-likeness (QED) is 0.322. The molecule has 0 aromatic carbocycles. The fourth-order valence-corrected chi connectivity index (χ4v) is 2.44. The number of carbonyl (C=O) groups excluding carboxylic acids is 2. The second-order valence-corrected chi connectivity index (χ2v) is 6.06. The van der Waals surface area contributed by atoms with E-state index >= 15 is 0 Å². The van der Waals surface area contributed by atoms with Gasteiger partial charge in [-0.2, -0.15) is 0 Å². The van der Waals surface area contributed by atoms with E-state index in [0.29, 0.717) is 24.0 Å². The summed E-state index contributed by atoms with van der Waals surface area (Å²) in [6.07, 6.45) is 7.94. The maximum atomic E-state index is 12.0. The van der Waals surface area contributed by atoms with Crippen molar-refractivity contribution < 1.29 is 19.1 Å². The van der Waals surface area contributed by atoms with E-state index in [4.69, 9.17) is 9.47 Å². The first-order valence-corrected chi connectivity index (χ1v) is 8.36. The number of methoxy groups -OCH3 is 2. The predicted octanol–water partition coefficient (Wildman–Crippen LogP) is 4.43. The zero-order valence-electron chi connectivity index (χ0n) is 14.9. The Bertz CT molecular complexity index is 369. The van der Waals surface area contributed by atoms with Gasteiger partial charge in [0.05, 0.1) is 14.2 Å². The molecule has 4 heteroatoms. The number of esters is 2. The highest BCUT2D eigenvalue weighted by atomic mass is 16.5. The second kappa shape index (κ2) is 12.2. The highest BCUT2D eigenvalue weighted by molar-refractivity contribution is 6.00. The average Bonchev–Trinajstić information content (AvgIpc) is 2.50. The number of hydrogen-bond acceptors (Lipinski definition) is 4. The van der Waals surface area contributed by atoms with Gasteiger partial charge in [-0.1, -0.05) is 52.9 Å². The van der Waals surface area contributed by atoms with Crippen molar-refractivity contribution in [1.29, 1.82) is 0 Å². The van der Waals surface area contributed by atoms with E-state index in [1.807, 2.05) is 13.8 Å². The van der Waals surface area contributed by atoms with Crippen LogP contribution in [0.3, 0.4) is 0 Å². The van der Waals surface area contributed by atoms with Gasteiger partial charge < -0.3 is 9.47 Å². The summed E-state index contributed by atoms with van der Waals surface area (Å²) in [5.74, 6) is -0.548. The lowest BCUT2D eigenvalue weighted by atomic mass is 9.94. The normalized spacial score (nSPS) is 12.1. The van der Waals surface area contributed by atoms with Gasteiger partial charge in [0.1, 0.15) is 0 Å². The highest BCUT2D eigenvalue weighted by Crippen LogP contribution is 2.22. The molecule has 0 bridgehead atoms. The minimum atomic E-state index is -0.417. The van der Waals surface area contributed by atoms with Crippen molar-refractivity contribution in [3.63, 3.8) is 0 Å². The number of rotatable bonds is 11. The average molecular weight is 312 g/mol. The van der Waals surface area contributed by atoms with Gasteiger partial charge >= 0.3 is 11.9 Å². The van der Waals surface area contributed by atoms with Gasteiger partial charge in [-0.05, 0) is 25.2 Å². The van der Waals surface area contributed by atoms with Crippen LogP contribution in [0.4, 0.5) is 0 Å². The Kier molecular flexibility index (Phi) is 11.5. The molecule has 0 atom stereocenters. The third-order valence-electron chi connectivity index (χ3n) is 3.62. The first kappa shape index (κ1) is 20.7. The molecule has 0 aliphatic heterocycles. The zero-order valence-corrected chi connectivity index (χ0v) is 14.9. The summed E-state index contributed by atoms with van der Waals surface area (Å²) < 4.78 is 9.70. The van der Waals surface area contributed by atoms with Gasteiger partial charge in [0.15, 0.2) is 0 Å². The molecule has 0 N–H and O–H groups in total. The Balaban J connectivity index is 4.91. The van der Waals surface area contributed by atoms with Gasteiger partial charge in [-0.15, -0.1) is 0 Å². The lowest BCUT2D eigenvalue weighted by Crippen LogP contribution is -2.16. The number of carbonyl (C=O) groups is 2. The lowest BCUT2D eigenvalue weighted by Gasteiger charge is -2.14. The Morgan fingerprint density at radius 2 is 1.32 bits per heavy atom. The van der Waals surface area contributed by atoms with Crippen molar-refractivity contribution in [2.75, 3.05) is 14.2 Å². The van der Waals surface area contributed by atoms with Crippen LogP contribution in [-0.2, 0) is 19.1 Å². The van der Waals surface area contributed by atoms with E-state index in [1.165, 1.54) is 39.9 Å². The first-order chi connectivity index (χ1) is 10.5. The number of hydrogen-bond donors (Lipinski definition) is 0. The maximum absolute atomic E-state index is 12.0. The van der Waals surface area contributed by atoms with Gasteiger partial charge in [-0.3, -0.25) is 0 Å². The second-order valence-electron chi connectivity index (χ2n) is 6.06. The summed E-state index contributed by atoms with van der Waals surface area (Å²) in [6.45, 7) is 6.22. The van der Waals surface area contributed by atoms with Crippen molar-refractivity contribution in [2.45, 2.75) is 72.1 Å². The summed E-state index contributed by atoms with van der Waals surface area (Å²) in [5.41, 5.74) is 0.955. The third-order valence-corrected chi connectivity index (χ3v) is 3.62. The van der Waals surface area contributed by atoms with E-state index < -0.39 is 11.9 Å². The van der Waals surface area contributed by atoms with E-state index in [9.17, 15) is 9.59 Å². The minimum absolute atomic E-state index is 0.276. The summed E-state index contributed by atoms with van der Waals surface area (Å²) in [5, 5.41) is 0. The van der Waals surface area contributed by atoms with Crippen molar-refractivity contribution in [3.8, 4) is 0 Å². The van der Waals surface area contributed by atoms with E-state index in [2.05, 4.69) is 6.92 Å². The fourth-order valence-electron chi connectivity index (χ4n) is 2.44. The van der Waals surface area contributed by atoms with E-state index in [-0.39, 0.29) is 5.92 Å². The Morgan fingerprint density at radius 1 is 0.818 bits per heavy atom. The Labute approximate surface area is 135 Å². The number of unbranched alkanes of at least 4 members (excludes halogenated alkanes) is 5. The predicted molar refractivity (Wildman–Crippen MR) is 88.5 cm³/mol. The highest BCUT2D eigenvalue weighted by Gasteiger charge is 2.22. The molecule has 128 valence electrons. The van der Waals surface area contributed by atoms with Crippen LogP contribution in [0.25, 0.3) is 0 Å². The zero-order chi connectivity index (χ0) is 17.0. The molecule has 0 amide bonds. The molecule has 22 heavy (non-hydrogen) atoms. The van der Waals surface area contributed by atoms with Crippen LogP contribution in [0.1, 0.15) is 72.1 Å². The monoisotopic (exact) mass is 312 g/mol. The molecule has 0 fully saturated rings. The van der Waals surface area contributed by atoms with Gasteiger partial charge in [0.25, 0.3) is 0 Å². The van der Waals surface area contributed by atoms with Crippen LogP contribution >= 0.6 is 0 Å². The number of ether oxygens (including phenoxy) is 2. The van der Waals surface area contributed by atoms with Gasteiger partial charge in [-0.25, -0.2) is 9.59 Å². The topological polar surface area (TPSA) is 52.6 Å². The van der Waals surface area contributed by atoms with Crippen LogP contribution in [0.5, 0.6) is 0 Å². The Hall–Kier alpha value is -1.32. The lowest BCUT2D eigenvalue weighted by molar-refractivity contribution is -0.139. The first-order valence-electron chi connectivity index (χ1n) is 8.36. The summed E-state index contributed by atoms with van der Waals surface area (Å²) in [7, 11) is 2.70. The minimum Gasteiger partial charge on any atom is -0.466 e. The summed E-state index contributed by atoms with van der Waals surface area (Å²) in [4.78, 5) is 24.0. The van der Waals surface area contributed by atoms with Crippen molar-refractivity contribution in [3.05, 3.63) is 11.1 Å². The molecule has 0 aliphatic carbocycles. The molecular formula is C18H32O4. The molecular weight excluding hydrogens is 280 g/mol. The van der Waals surface area contributed by atoms with Gasteiger partial charge in [0, 0.05) is 11.1 Å². The molecule has 0 unspecified atom stereocenters. The van der Waals surface area contributed by atoms with Crippen molar-refractivity contribution in [2.24, 2.45) is 5.92 Å². The van der Waals surface area contributed by atoms with E-state index in [0.717, 1.165) is 12.8 Å². The van der Waals surface area contributed by atoms with E-state index in [1.54, 1.807) is 0 Å². The molecule has 0 saturated heterocycles. The molecule has 0 aromatic rings. The molecule has 0 rings (SSSR count). The molecule has 0 heterocycles. The largest absolute Gasteiger partial charge is 0.466 e. The standard InChI is InChI=1S/C18H32O4/c1-6-7-8-9-10-11-12-15(17(19)21-4)16(13-14(2)3)18(20)22-5/h14H,6-13H2,1-5H3/b16-15-. The molecule has 0 radical (unpaired) electrons. The van der Waals surface area contributed by atoms with Crippen molar-refractivity contribution >= 4 is 11.9 Å². The summed E-state index contributed by atoms with van der Waals surface area (Å²) in [6, 6.07) is 0. The molecule has 0 saturated carbocycles. The SMILES string of the molecule is CCCCCCCC/C(C(=O)OC)=C(\CC(C)C)C(=O)OC. The molecule has 0 aromatic heterocycles. The van der Waals surface area contributed by atoms with Crippen molar-refractivity contribution in [1.82, 2.24) is 0 Å². The molecule has 4 nitrogen and oxygen atoms in total. The van der Waals surface area contributed by atoms with Crippen LogP contribution in [0.2, 0.25) is 0 Å². The maximum Gasteiger partial charge on any atom is 0.334 e. The van der Waals surface area contributed by atoms with Gasteiger partial charge in [0.2, 0.25) is 0 Å². The third kappa shape index (κ3) is 8.20. The smallest absolute Gasteiger partial charge is 0.334 e. The van der Waals surface area contributed by atoms with Crippen LogP contribution in [-0.4, -0.2) is 26.2 Å². The fraction of sp³-hybridized carbons (Fsp3) is 0.778. The Morgan fingerprint density at radius 3 is 1.82 bits per heavy atom. The molecule has 0 spiro atoms. The van der Waals surface area contributed by atoms with Crippen LogP contribution < -0.4 is 0 Å².